The number of fused-ring (bicyclic) bond motifs is 1. The number of hydrogen-bond acceptors (Lipinski definition) is 8. The van der Waals surface area contributed by atoms with Gasteiger partial charge in [0.05, 0.1) is 25.3 Å². The van der Waals surface area contributed by atoms with E-state index >= 15 is 0 Å². The second-order valence-corrected chi connectivity index (χ2v) is 9.19. The van der Waals surface area contributed by atoms with Crippen LogP contribution in [0.1, 0.15) is 58.1 Å². The first-order valence-corrected chi connectivity index (χ1v) is 12.4. The lowest BCUT2D eigenvalue weighted by Gasteiger charge is -2.32. The van der Waals surface area contributed by atoms with Crippen LogP contribution < -0.4 is 25.4 Å². The molecule has 194 valence electrons. The van der Waals surface area contributed by atoms with Gasteiger partial charge >= 0.3 is 0 Å². The molecule has 3 rings (SSSR count). The molecule has 3 N–H and O–H groups in total. The van der Waals surface area contributed by atoms with Crippen molar-refractivity contribution in [2.24, 2.45) is 0 Å². The van der Waals surface area contributed by atoms with Gasteiger partial charge in [-0.15, -0.1) is 0 Å². The number of benzene rings is 1. The maximum atomic E-state index is 11.7. The number of carbonyl (C=O) groups excluding carboxylic acids is 1. The fraction of sp³-hybridized carbons (Fsp3) is 0.481. The van der Waals surface area contributed by atoms with E-state index in [-0.39, 0.29) is 5.91 Å². The number of unbranched alkanes of at least 4 members (excludes halogenated alkanes) is 1. The molecule has 9 heteroatoms. The molecule has 3 aromatic rings. The normalized spacial score (nSPS) is 12.6. The molecule has 1 atom stereocenters. The number of amides is 1. The molecule has 36 heavy (non-hydrogen) atoms. The van der Waals surface area contributed by atoms with Gasteiger partial charge in [0.15, 0.2) is 5.82 Å². The summed E-state index contributed by atoms with van der Waals surface area (Å²) >= 11 is 0. The topological polar surface area (TPSA) is 110 Å². The van der Waals surface area contributed by atoms with E-state index in [2.05, 4.69) is 41.7 Å². The Labute approximate surface area is 213 Å². The van der Waals surface area contributed by atoms with Crippen molar-refractivity contribution >= 4 is 28.7 Å². The molecule has 0 saturated carbocycles. The van der Waals surface area contributed by atoms with Crippen molar-refractivity contribution in [1.82, 2.24) is 20.3 Å². The van der Waals surface area contributed by atoms with Gasteiger partial charge in [0.1, 0.15) is 17.0 Å². The first-order valence-electron chi connectivity index (χ1n) is 12.4. The molecule has 0 saturated heterocycles. The SMILES string of the molecule is CCCC[C@](C)(CNC(C)=O)Nc1nc(NCc2ccc(OC)cc2OC)nc2cc(CC)cnc12. The van der Waals surface area contributed by atoms with Crippen molar-refractivity contribution in [1.29, 1.82) is 0 Å². The summed E-state index contributed by atoms with van der Waals surface area (Å²) in [5.74, 6) is 2.51. The highest BCUT2D eigenvalue weighted by atomic mass is 16.5. The van der Waals surface area contributed by atoms with Gasteiger partial charge in [-0.1, -0.05) is 26.7 Å². The quantitative estimate of drug-likeness (QED) is 0.313. The van der Waals surface area contributed by atoms with Gasteiger partial charge < -0.3 is 25.4 Å². The average Bonchev–Trinajstić information content (AvgIpc) is 2.89. The third-order valence-electron chi connectivity index (χ3n) is 6.16. The Morgan fingerprint density at radius 2 is 1.92 bits per heavy atom. The highest BCUT2D eigenvalue weighted by Crippen LogP contribution is 2.28. The number of aryl methyl sites for hydroxylation is 1. The lowest BCUT2D eigenvalue weighted by atomic mass is 9.94. The van der Waals surface area contributed by atoms with Gasteiger partial charge in [0.25, 0.3) is 0 Å². The van der Waals surface area contributed by atoms with E-state index in [1.165, 1.54) is 6.92 Å². The van der Waals surface area contributed by atoms with Crippen LogP contribution in [0.25, 0.3) is 11.0 Å². The summed E-state index contributed by atoms with van der Waals surface area (Å²) < 4.78 is 10.8. The van der Waals surface area contributed by atoms with Gasteiger partial charge in [-0.25, -0.2) is 4.98 Å². The average molecular weight is 495 g/mol. The van der Waals surface area contributed by atoms with Crippen molar-refractivity contribution in [3.05, 3.63) is 41.6 Å². The van der Waals surface area contributed by atoms with Crippen LogP contribution >= 0.6 is 0 Å². The molecule has 0 aliphatic rings. The largest absolute Gasteiger partial charge is 0.497 e. The standard InChI is InChI=1S/C27H38N6O3/c1-7-9-12-27(4,17-30-18(3)34)33-25-24-22(13-19(8-2)15-28-24)31-26(32-25)29-16-20-10-11-21(35-5)14-23(20)36-6/h10-11,13-15H,7-9,12,16-17H2,1-6H3,(H,30,34)(H2,29,31,32,33)/t27-/m1/s1. The van der Waals surface area contributed by atoms with Gasteiger partial charge in [0, 0.05) is 37.8 Å². The van der Waals surface area contributed by atoms with E-state index in [4.69, 9.17) is 19.4 Å². The molecule has 0 aliphatic heterocycles. The Bertz CT molecular complexity index is 1190. The number of methoxy groups -OCH3 is 2. The number of aromatic nitrogens is 3. The van der Waals surface area contributed by atoms with Crippen LogP contribution in [-0.2, 0) is 17.8 Å². The van der Waals surface area contributed by atoms with Gasteiger partial charge in [-0.2, -0.15) is 4.98 Å². The lowest BCUT2D eigenvalue weighted by molar-refractivity contribution is -0.119. The molecule has 2 heterocycles. The Morgan fingerprint density at radius 1 is 1.11 bits per heavy atom. The van der Waals surface area contributed by atoms with Crippen LogP contribution in [0.3, 0.4) is 0 Å². The van der Waals surface area contributed by atoms with Crippen molar-refractivity contribution < 1.29 is 14.3 Å². The van der Waals surface area contributed by atoms with E-state index in [0.717, 1.165) is 53.8 Å². The minimum absolute atomic E-state index is 0.0615. The van der Waals surface area contributed by atoms with Crippen LogP contribution in [-0.4, -0.2) is 47.2 Å². The molecule has 0 unspecified atom stereocenters. The second-order valence-electron chi connectivity index (χ2n) is 9.19. The fourth-order valence-electron chi connectivity index (χ4n) is 3.96. The molecular formula is C27H38N6O3. The lowest BCUT2D eigenvalue weighted by Crippen LogP contribution is -2.46. The number of hydrogen-bond donors (Lipinski definition) is 3. The summed E-state index contributed by atoms with van der Waals surface area (Å²) in [5, 5.41) is 9.89. The minimum Gasteiger partial charge on any atom is -0.497 e. The maximum Gasteiger partial charge on any atom is 0.225 e. The fourth-order valence-corrected chi connectivity index (χ4v) is 3.96. The summed E-state index contributed by atoms with van der Waals surface area (Å²) in [4.78, 5) is 25.9. The predicted molar refractivity (Wildman–Crippen MR) is 144 cm³/mol. The van der Waals surface area contributed by atoms with Crippen molar-refractivity contribution in [2.45, 2.75) is 65.5 Å². The zero-order chi connectivity index (χ0) is 26.1. The minimum atomic E-state index is -0.398. The number of carbonyl (C=O) groups is 1. The molecule has 0 spiro atoms. The molecule has 1 amide bonds. The van der Waals surface area contributed by atoms with E-state index in [1.807, 2.05) is 30.5 Å². The molecule has 0 radical (unpaired) electrons. The zero-order valence-corrected chi connectivity index (χ0v) is 22.2. The van der Waals surface area contributed by atoms with E-state index in [9.17, 15) is 4.79 Å². The second kappa shape index (κ2) is 12.4. The summed E-state index contributed by atoms with van der Waals surface area (Å²) in [6.07, 6.45) is 5.66. The molecule has 9 nitrogen and oxygen atoms in total. The summed E-state index contributed by atoms with van der Waals surface area (Å²) in [6, 6.07) is 7.75. The number of pyridine rings is 1. The summed E-state index contributed by atoms with van der Waals surface area (Å²) in [5.41, 5.74) is 3.11. The van der Waals surface area contributed by atoms with Crippen LogP contribution in [0.15, 0.2) is 30.5 Å². The molecule has 1 aromatic carbocycles. The van der Waals surface area contributed by atoms with Crippen LogP contribution in [0.2, 0.25) is 0 Å². The number of nitrogens with zero attached hydrogens (tertiary/aromatic N) is 3. The Balaban J connectivity index is 1.96. The third-order valence-corrected chi connectivity index (χ3v) is 6.16. The molecular weight excluding hydrogens is 456 g/mol. The van der Waals surface area contributed by atoms with E-state index in [0.29, 0.717) is 30.4 Å². The Morgan fingerprint density at radius 3 is 2.58 bits per heavy atom. The smallest absolute Gasteiger partial charge is 0.225 e. The zero-order valence-electron chi connectivity index (χ0n) is 22.2. The van der Waals surface area contributed by atoms with Crippen molar-refractivity contribution in [3.63, 3.8) is 0 Å². The molecule has 0 bridgehead atoms. The first-order chi connectivity index (χ1) is 17.3. The number of ether oxygens (including phenoxy) is 2. The van der Waals surface area contributed by atoms with Gasteiger partial charge in [-0.3, -0.25) is 9.78 Å². The Kier molecular flexibility index (Phi) is 9.27. The van der Waals surface area contributed by atoms with Crippen molar-refractivity contribution in [2.75, 3.05) is 31.4 Å². The molecule has 2 aromatic heterocycles. The monoisotopic (exact) mass is 494 g/mol. The predicted octanol–water partition coefficient (Wildman–Crippen LogP) is 4.71. The highest BCUT2D eigenvalue weighted by Gasteiger charge is 2.26. The van der Waals surface area contributed by atoms with Crippen LogP contribution in [0.5, 0.6) is 11.5 Å². The number of anilines is 2. The summed E-state index contributed by atoms with van der Waals surface area (Å²) in [6.45, 7) is 8.83. The number of rotatable bonds is 13. The molecule has 0 aliphatic carbocycles. The summed E-state index contributed by atoms with van der Waals surface area (Å²) in [7, 11) is 3.26. The van der Waals surface area contributed by atoms with Crippen molar-refractivity contribution in [3.8, 4) is 11.5 Å². The van der Waals surface area contributed by atoms with E-state index < -0.39 is 5.54 Å². The maximum absolute atomic E-state index is 11.7. The van der Waals surface area contributed by atoms with Gasteiger partial charge in [-0.05, 0) is 43.5 Å². The van der Waals surface area contributed by atoms with Gasteiger partial charge in [0.2, 0.25) is 11.9 Å². The Hall–Kier alpha value is -3.62. The van der Waals surface area contributed by atoms with Crippen LogP contribution in [0, 0.1) is 0 Å². The van der Waals surface area contributed by atoms with Crippen LogP contribution in [0.4, 0.5) is 11.8 Å². The van der Waals surface area contributed by atoms with E-state index in [1.54, 1.807) is 14.2 Å². The highest BCUT2D eigenvalue weighted by molar-refractivity contribution is 5.87. The number of nitrogens with one attached hydrogen (secondary N) is 3. The third kappa shape index (κ3) is 6.96. The molecule has 0 fully saturated rings. The first kappa shape index (κ1) is 27.0.